The third-order valence-electron chi connectivity index (χ3n) is 6.90. The summed E-state index contributed by atoms with van der Waals surface area (Å²) in [6, 6.07) is 13.9. The normalized spacial score (nSPS) is 16.1. The molecule has 1 aliphatic heterocycles. The van der Waals surface area contributed by atoms with Gasteiger partial charge in [-0.15, -0.1) is 11.8 Å². The highest BCUT2D eigenvalue weighted by Gasteiger charge is 2.46. The molecule has 7 nitrogen and oxygen atoms in total. The van der Waals surface area contributed by atoms with Crippen LogP contribution in [0.4, 0.5) is 10.5 Å². The van der Waals surface area contributed by atoms with Crippen LogP contribution in [0.15, 0.2) is 53.7 Å². The summed E-state index contributed by atoms with van der Waals surface area (Å²) in [5.74, 6) is 0.512. The van der Waals surface area contributed by atoms with Crippen LogP contribution in [0.1, 0.15) is 43.7 Å². The van der Waals surface area contributed by atoms with Crippen LogP contribution in [0, 0.1) is 0 Å². The molecule has 0 radical (unpaired) electrons. The van der Waals surface area contributed by atoms with Gasteiger partial charge in [0.05, 0.1) is 0 Å². The van der Waals surface area contributed by atoms with Crippen LogP contribution in [-0.2, 0) is 12.0 Å². The Hall–Kier alpha value is -3.26. The van der Waals surface area contributed by atoms with Crippen molar-refractivity contribution in [1.82, 2.24) is 15.3 Å². The fourth-order valence-corrected chi connectivity index (χ4v) is 5.92. The minimum Gasteiger partial charge on any atom is -0.493 e. The number of urea groups is 1. The monoisotopic (exact) mass is 476 g/mol. The van der Waals surface area contributed by atoms with Gasteiger partial charge in [-0.1, -0.05) is 38.0 Å². The van der Waals surface area contributed by atoms with E-state index >= 15 is 0 Å². The molecule has 1 aliphatic carbocycles. The fraction of sp³-hybridized carbons (Fsp3) is 0.346. The first-order valence-electron chi connectivity index (χ1n) is 11.7. The number of carbonyl (C=O) groups excluding carboxylic acids is 1. The van der Waals surface area contributed by atoms with E-state index in [1.165, 1.54) is 4.90 Å². The maximum Gasteiger partial charge on any atom is 0.322 e. The third-order valence-corrected chi connectivity index (χ3v) is 7.79. The van der Waals surface area contributed by atoms with Gasteiger partial charge >= 0.3 is 6.03 Å². The molecule has 2 aliphatic rings. The molecule has 3 N–H and O–H groups in total. The van der Waals surface area contributed by atoms with Gasteiger partial charge in [0.2, 0.25) is 11.8 Å². The van der Waals surface area contributed by atoms with Gasteiger partial charge in [-0.05, 0) is 59.6 Å². The van der Waals surface area contributed by atoms with E-state index in [1.54, 1.807) is 17.8 Å². The first kappa shape index (κ1) is 22.5. The summed E-state index contributed by atoms with van der Waals surface area (Å²) in [5.41, 5.74) is 3.78. The average Bonchev–Trinajstić information content (AvgIpc) is 3.44. The minimum atomic E-state index is -0.260. The number of nitrogens with zero attached hydrogens (tertiary/aromatic N) is 3. The fourth-order valence-electron chi connectivity index (χ4n) is 5.25. The Morgan fingerprint density at radius 3 is 2.47 bits per heavy atom. The molecule has 1 saturated carbocycles. The van der Waals surface area contributed by atoms with Crippen LogP contribution in [-0.4, -0.2) is 38.5 Å². The van der Waals surface area contributed by atoms with E-state index < -0.39 is 0 Å². The predicted molar refractivity (Wildman–Crippen MR) is 133 cm³/mol. The molecule has 1 spiro atoms. The molecule has 2 heterocycles. The average molecular weight is 477 g/mol. The van der Waals surface area contributed by atoms with Gasteiger partial charge in [0.1, 0.15) is 11.9 Å². The number of anilines is 1. The zero-order chi connectivity index (χ0) is 23.7. The standard InChI is InChI=1S/C26H28N4O3S/c1-2-34-19-8-5-17(6-9-19)14-27-25(33)30-15-26(11-3-4-12-26)20-13-18(7-10-21(20)30)22-23(31)28-16-29-24(22)32/h5-10,13,16H,2-4,11-12,14-15H2,1H3,(H,27,33)(H2,28,29,31,32). The van der Waals surface area contributed by atoms with Crippen molar-refractivity contribution in [3.63, 3.8) is 0 Å². The maximum absolute atomic E-state index is 13.3. The summed E-state index contributed by atoms with van der Waals surface area (Å²) in [6.07, 6.45) is 5.38. The molecular formula is C26H28N4O3S. The summed E-state index contributed by atoms with van der Waals surface area (Å²) in [7, 11) is 0. The van der Waals surface area contributed by atoms with Crippen LogP contribution in [0.3, 0.4) is 0 Å². The molecule has 8 heteroatoms. The Morgan fingerprint density at radius 2 is 1.79 bits per heavy atom. The maximum atomic E-state index is 13.3. The van der Waals surface area contributed by atoms with Crippen molar-refractivity contribution in [2.45, 2.75) is 49.5 Å². The lowest BCUT2D eigenvalue weighted by atomic mass is 9.80. The molecule has 176 valence electrons. The first-order chi connectivity index (χ1) is 16.5. The number of nitrogens with one attached hydrogen (secondary N) is 1. The highest BCUT2D eigenvalue weighted by molar-refractivity contribution is 7.99. The van der Waals surface area contributed by atoms with Crippen molar-refractivity contribution in [1.29, 1.82) is 0 Å². The molecular weight excluding hydrogens is 448 g/mol. The largest absolute Gasteiger partial charge is 0.493 e. The van der Waals surface area contributed by atoms with E-state index in [2.05, 4.69) is 46.5 Å². The van der Waals surface area contributed by atoms with Crippen LogP contribution >= 0.6 is 11.8 Å². The van der Waals surface area contributed by atoms with E-state index in [4.69, 9.17) is 0 Å². The highest BCUT2D eigenvalue weighted by Crippen LogP contribution is 2.52. The summed E-state index contributed by atoms with van der Waals surface area (Å²) in [4.78, 5) is 24.0. The van der Waals surface area contributed by atoms with Gasteiger partial charge in [0.15, 0.2) is 0 Å². The van der Waals surface area contributed by atoms with E-state index in [1.807, 2.05) is 17.0 Å². The van der Waals surface area contributed by atoms with Gasteiger partial charge in [-0.2, -0.15) is 0 Å². The Kier molecular flexibility index (Phi) is 6.08. The molecule has 1 fully saturated rings. The number of hydrogen-bond acceptors (Lipinski definition) is 6. The number of carbonyl (C=O) groups is 1. The lowest BCUT2D eigenvalue weighted by molar-refractivity contribution is 0.245. The second kappa shape index (κ2) is 9.18. The lowest BCUT2D eigenvalue weighted by Gasteiger charge is -2.25. The SMILES string of the molecule is CCSc1ccc(CNC(=O)N2CC3(CCCC3)c3cc(-c4c(O)ncnc4O)ccc32)cc1. The molecule has 0 atom stereocenters. The van der Waals surface area contributed by atoms with Crippen LogP contribution < -0.4 is 10.2 Å². The molecule has 5 rings (SSSR count). The van der Waals surface area contributed by atoms with Crippen molar-refractivity contribution < 1.29 is 15.0 Å². The van der Waals surface area contributed by atoms with E-state index in [-0.39, 0.29) is 28.8 Å². The second-order valence-electron chi connectivity index (χ2n) is 8.94. The second-order valence-corrected chi connectivity index (χ2v) is 10.3. The minimum absolute atomic E-state index is 0.109. The quantitative estimate of drug-likeness (QED) is 0.438. The number of rotatable bonds is 5. The summed E-state index contributed by atoms with van der Waals surface area (Å²) in [6.45, 7) is 3.23. The number of aromatic hydroxyl groups is 2. The van der Waals surface area contributed by atoms with Crippen molar-refractivity contribution in [3.8, 4) is 22.9 Å². The van der Waals surface area contributed by atoms with Gasteiger partial charge in [-0.25, -0.2) is 14.8 Å². The molecule has 0 unspecified atom stereocenters. The zero-order valence-electron chi connectivity index (χ0n) is 19.1. The molecule has 2 amide bonds. The highest BCUT2D eigenvalue weighted by atomic mass is 32.2. The zero-order valence-corrected chi connectivity index (χ0v) is 19.9. The molecule has 3 aromatic rings. The number of hydrogen-bond donors (Lipinski definition) is 3. The topological polar surface area (TPSA) is 98.6 Å². The number of amides is 2. The first-order valence-corrected chi connectivity index (χ1v) is 12.6. The number of fused-ring (bicyclic) bond motifs is 2. The molecule has 2 aromatic carbocycles. The Balaban J connectivity index is 1.41. The predicted octanol–water partition coefficient (Wildman–Crippen LogP) is 5.21. The van der Waals surface area contributed by atoms with E-state index in [9.17, 15) is 15.0 Å². The summed E-state index contributed by atoms with van der Waals surface area (Å²) in [5, 5.41) is 23.5. The Bertz CT molecular complexity index is 1190. The summed E-state index contributed by atoms with van der Waals surface area (Å²) < 4.78 is 0. The number of aromatic nitrogens is 2. The van der Waals surface area contributed by atoms with Crippen LogP contribution in [0.2, 0.25) is 0 Å². The van der Waals surface area contributed by atoms with Crippen LogP contribution in [0.25, 0.3) is 11.1 Å². The third kappa shape index (κ3) is 4.07. The Morgan fingerprint density at radius 1 is 1.09 bits per heavy atom. The molecule has 34 heavy (non-hydrogen) atoms. The van der Waals surface area contributed by atoms with Crippen molar-refractivity contribution in [2.24, 2.45) is 0 Å². The number of benzene rings is 2. The van der Waals surface area contributed by atoms with Gasteiger partial charge in [0, 0.05) is 29.1 Å². The van der Waals surface area contributed by atoms with E-state index in [0.29, 0.717) is 18.7 Å². The smallest absolute Gasteiger partial charge is 0.322 e. The van der Waals surface area contributed by atoms with Gasteiger partial charge < -0.3 is 15.5 Å². The van der Waals surface area contributed by atoms with Crippen molar-refractivity contribution >= 4 is 23.5 Å². The Labute approximate surface area is 203 Å². The van der Waals surface area contributed by atoms with Crippen molar-refractivity contribution in [2.75, 3.05) is 17.2 Å². The van der Waals surface area contributed by atoms with Gasteiger partial charge in [-0.3, -0.25) is 4.90 Å². The van der Waals surface area contributed by atoms with Gasteiger partial charge in [0.25, 0.3) is 0 Å². The molecule has 0 saturated heterocycles. The summed E-state index contributed by atoms with van der Waals surface area (Å²) >= 11 is 1.80. The van der Waals surface area contributed by atoms with E-state index in [0.717, 1.165) is 54.6 Å². The molecule has 1 aromatic heterocycles. The molecule has 0 bridgehead atoms. The van der Waals surface area contributed by atoms with Crippen molar-refractivity contribution in [3.05, 3.63) is 59.9 Å². The number of thioether (sulfide) groups is 1. The van der Waals surface area contributed by atoms with Crippen LogP contribution in [0.5, 0.6) is 11.8 Å². The lowest BCUT2D eigenvalue weighted by Crippen LogP contribution is -2.41.